The Morgan fingerprint density at radius 3 is 2.87 bits per heavy atom. The van der Waals surface area contributed by atoms with E-state index in [4.69, 9.17) is 0 Å². The van der Waals surface area contributed by atoms with Crippen molar-refractivity contribution in [3.63, 3.8) is 0 Å². The molecule has 0 amide bonds. The van der Waals surface area contributed by atoms with Gasteiger partial charge in [0.25, 0.3) is 0 Å². The first-order valence-corrected chi connectivity index (χ1v) is 7.40. The molecule has 0 aromatic carbocycles. The van der Waals surface area contributed by atoms with Crippen molar-refractivity contribution in [1.29, 1.82) is 0 Å². The maximum Gasteiger partial charge on any atom is 0.121 e. The summed E-state index contributed by atoms with van der Waals surface area (Å²) in [5.74, 6) is 3.34. The zero-order valence-corrected chi connectivity index (χ0v) is 10.5. The third-order valence-electron chi connectivity index (χ3n) is 4.86. The van der Waals surface area contributed by atoms with E-state index in [9.17, 15) is 0 Å². The van der Waals surface area contributed by atoms with Crippen LogP contribution in [0.5, 0.6) is 0 Å². The molecule has 0 aromatic rings. The largest absolute Gasteiger partial charge is 0.121 e. The Bertz CT molecular complexity index is 176. The number of fused-ring (bicyclic) bond motifs is 2. The molecule has 1 aliphatic heterocycles. The zero-order valence-electron chi connectivity index (χ0n) is 10.5. The SMILES string of the molecule is CCCCC1CCCCC2CBCC1C2. The lowest BCUT2D eigenvalue weighted by Crippen LogP contribution is -2.27. The van der Waals surface area contributed by atoms with Gasteiger partial charge in [0.2, 0.25) is 0 Å². The summed E-state index contributed by atoms with van der Waals surface area (Å²) >= 11 is 0. The molecule has 1 saturated heterocycles. The summed E-state index contributed by atoms with van der Waals surface area (Å²) < 4.78 is 0. The molecule has 86 valence electrons. The van der Waals surface area contributed by atoms with Gasteiger partial charge < -0.3 is 0 Å². The van der Waals surface area contributed by atoms with Gasteiger partial charge >= 0.3 is 0 Å². The topological polar surface area (TPSA) is 0 Å². The lowest BCUT2D eigenvalue weighted by atomic mass is 9.52. The molecule has 2 aliphatic rings. The molecule has 3 atom stereocenters. The second kappa shape index (κ2) is 5.96. The van der Waals surface area contributed by atoms with Gasteiger partial charge in [-0.15, -0.1) is 0 Å². The van der Waals surface area contributed by atoms with Crippen LogP contribution in [-0.2, 0) is 0 Å². The van der Waals surface area contributed by atoms with E-state index < -0.39 is 0 Å². The number of hydrogen-bond donors (Lipinski definition) is 0. The molecule has 0 spiro atoms. The average molecular weight is 206 g/mol. The molecule has 3 unspecified atom stereocenters. The first-order chi connectivity index (χ1) is 7.40. The van der Waals surface area contributed by atoms with Crippen LogP contribution in [0.3, 0.4) is 0 Å². The summed E-state index contributed by atoms with van der Waals surface area (Å²) in [6.07, 6.45) is 15.3. The Labute approximate surface area is 96.5 Å². The minimum Gasteiger partial charge on any atom is -0.0746 e. The molecule has 1 heterocycles. The number of hydrogen-bond acceptors (Lipinski definition) is 0. The van der Waals surface area contributed by atoms with Crippen LogP contribution in [0.4, 0.5) is 0 Å². The van der Waals surface area contributed by atoms with Gasteiger partial charge in [-0.1, -0.05) is 64.5 Å². The van der Waals surface area contributed by atoms with Crippen LogP contribution in [0.2, 0.25) is 12.6 Å². The van der Waals surface area contributed by atoms with Crippen LogP contribution in [0, 0.1) is 17.8 Å². The molecule has 15 heavy (non-hydrogen) atoms. The fourth-order valence-corrected chi connectivity index (χ4v) is 3.94. The van der Waals surface area contributed by atoms with Crippen LogP contribution >= 0.6 is 0 Å². The van der Waals surface area contributed by atoms with Gasteiger partial charge in [-0.3, -0.25) is 0 Å². The minimum atomic E-state index is 1.10. The zero-order chi connectivity index (χ0) is 10.5. The fraction of sp³-hybridized carbons (Fsp3) is 1.00. The lowest BCUT2D eigenvalue weighted by molar-refractivity contribution is 0.216. The summed E-state index contributed by atoms with van der Waals surface area (Å²) in [4.78, 5) is 0. The molecule has 1 saturated carbocycles. The average Bonchev–Trinajstić information content (AvgIpc) is 2.27. The normalized spacial score (nSPS) is 36.5. The van der Waals surface area contributed by atoms with Crippen LogP contribution in [-0.4, -0.2) is 7.28 Å². The van der Waals surface area contributed by atoms with Crippen molar-refractivity contribution >= 4 is 7.28 Å². The van der Waals surface area contributed by atoms with Crippen LogP contribution in [0.25, 0.3) is 0 Å². The van der Waals surface area contributed by atoms with Gasteiger partial charge in [0, 0.05) is 0 Å². The molecule has 1 heteroatoms. The van der Waals surface area contributed by atoms with E-state index in [0.717, 1.165) is 17.8 Å². The summed E-state index contributed by atoms with van der Waals surface area (Å²) in [6.45, 7) is 2.34. The van der Waals surface area contributed by atoms with Crippen molar-refractivity contribution in [3.05, 3.63) is 0 Å². The molecule has 2 fully saturated rings. The highest BCUT2D eigenvalue weighted by molar-refractivity contribution is 6.35. The second-order valence-corrected chi connectivity index (χ2v) is 5.98. The van der Waals surface area contributed by atoms with E-state index in [1.54, 1.807) is 31.9 Å². The summed E-state index contributed by atoms with van der Waals surface area (Å²) in [5, 5.41) is 0. The quantitative estimate of drug-likeness (QED) is 0.604. The van der Waals surface area contributed by atoms with Gasteiger partial charge in [0.1, 0.15) is 7.28 Å². The maximum atomic E-state index is 2.34. The first kappa shape index (κ1) is 11.5. The predicted molar refractivity (Wildman–Crippen MR) is 69.8 cm³/mol. The molecule has 0 radical (unpaired) electrons. The predicted octanol–water partition coefficient (Wildman–Crippen LogP) is 4.28. The summed E-state index contributed by atoms with van der Waals surface area (Å²) in [6, 6.07) is 0. The van der Waals surface area contributed by atoms with Crippen molar-refractivity contribution < 1.29 is 0 Å². The molecule has 1 aliphatic carbocycles. The van der Waals surface area contributed by atoms with Crippen molar-refractivity contribution in [2.75, 3.05) is 0 Å². The smallest absolute Gasteiger partial charge is 0.0746 e. The highest BCUT2D eigenvalue weighted by Gasteiger charge is 2.29. The highest BCUT2D eigenvalue weighted by atomic mass is 14.3. The van der Waals surface area contributed by atoms with Gasteiger partial charge in [-0.05, 0) is 24.2 Å². The summed E-state index contributed by atoms with van der Waals surface area (Å²) in [7, 11) is 1.54. The van der Waals surface area contributed by atoms with Crippen molar-refractivity contribution in [2.45, 2.75) is 70.9 Å². The maximum absolute atomic E-state index is 2.34. The van der Waals surface area contributed by atoms with Gasteiger partial charge in [-0.2, -0.15) is 0 Å². The Hall–Kier alpha value is 0.0649. The van der Waals surface area contributed by atoms with Gasteiger partial charge in [-0.25, -0.2) is 0 Å². The van der Waals surface area contributed by atoms with Gasteiger partial charge in [0.05, 0.1) is 0 Å². The number of rotatable bonds is 3. The van der Waals surface area contributed by atoms with E-state index in [0.29, 0.717) is 0 Å². The number of unbranched alkanes of at least 4 members (excludes halogenated alkanes) is 1. The fourth-order valence-electron chi connectivity index (χ4n) is 3.94. The standard InChI is InChI=1S/C14H27B/c1-2-3-7-13-8-5-4-6-12-9-14(13)11-15-10-12/h12-15H,2-11H2,1H3. The highest BCUT2D eigenvalue weighted by Crippen LogP contribution is 2.40. The van der Waals surface area contributed by atoms with E-state index >= 15 is 0 Å². The second-order valence-electron chi connectivity index (χ2n) is 5.98. The van der Waals surface area contributed by atoms with Crippen LogP contribution in [0.15, 0.2) is 0 Å². The van der Waals surface area contributed by atoms with Gasteiger partial charge in [0.15, 0.2) is 0 Å². The first-order valence-electron chi connectivity index (χ1n) is 7.40. The molecule has 2 bridgehead atoms. The van der Waals surface area contributed by atoms with E-state index in [2.05, 4.69) is 6.92 Å². The molecule has 0 aromatic heterocycles. The summed E-state index contributed by atoms with van der Waals surface area (Å²) in [5.41, 5.74) is 0. The Kier molecular flexibility index (Phi) is 4.59. The Morgan fingerprint density at radius 2 is 2.00 bits per heavy atom. The van der Waals surface area contributed by atoms with Crippen molar-refractivity contribution in [3.8, 4) is 0 Å². The Balaban J connectivity index is 1.89. The molecule has 0 N–H and O–H groups in total. The van der Waals surface area contributed by atoms with E-state index in [-0.39, 0.29) is 0 Å². The van der Waals surface area contributed by atoms with Crippen LogP contribution < -0.4 is 0 Å². The minimum absolute atomic E-state index is 1.10. The third kappa shape index (κ3) is 3.26. The van der Waals surface area contributed by atoms with E-state index in [1.165, 1.54) is 39.4 Å². The van der Waals surface area contributed by atoms with Crippen molar-refractivity contribution in [2.24, 2.45) is 17.8 Å². The van der Waals surface area contributed by atoms with E-state index in [1.807, 2.05) is 0 Å². The van der Waals surface area contributed by atoms with Crippen LogP contribution in [0.1, 0.15) is 58.3 Å². The third-order valence-corrected chi connectivity index (χ3v) is 4.86. The Morgan fingerprint density at radius 1 is 1.13 bits per heavy atom. The molecular weight excluding hydrogens is 179 g/mol. The van der Waals surface area contributed by atoms with Crippen molar-refractivity contribution in [1.82, 2.24) is 0 Å². The molecule has 0 nitrogen and oxygen atoms in total. The lowest BCUT2D eigenvalue weighted by Gasteiger charge is -2.36. The monoisotopic (exact) mass is 206 g/mol. The molecule has 2 rings (SSSR count). The molecular formula is C14H27B.